The third-order valence-corrected chi connectivity index (χ3v) is 4.74. The zero-order valence-electron chi connectivity index (χ0n) is 13.6. The molecule has 0 aromatic rings. The van der Waals surface area contributed by atoms with Gasteiger partial charge in [0.25, 0.3) is 0 Å². The maximum atomic E-state index is 12.5. The molecule has 2 aliphatic rings. The Labute approximate surface area is 131 Å². The van der Waals surface area contributed by atoms with Crippen LogP contribution in [-0.2, 0) is 14.4 Å². The van der Waals surface area contributed by atoms with Crippen molar-refractivity contribution in [2.24, 2.45) is 11.3 Å². The van der Waals surface area contributed by atoms with Crippen LogP contribution in [0.2, 0.25) is 0 Å². The first-order valence-corrected chi connectivity index (χ1v) is 8.04. The highest BCUT2D eigenvalue weighted by Crippen LogP contribution is 2.39. The molecule has 3 atom stereocenters. The van der Waals surface area contributed by atoms with Gasteiger partial charge in [-0.25, -0.2) is 4.79 Å². The van der Waals surface area contributed by atoms with Crippen molar-refractivity contribution in [2.45, 2.75) is 65.0 Å². The van der Waals surface area contributed by atoms with Crippen molar-refractivity contribution in [1.29, 1.82) is 0 Å². The zero-order chi connectivity index (χ0) is 16.5. The summed E-state index contributed by atoms with van der Waals surface area (Å²) in [5.41, 5.74) is -0.565. The quantitative estimate of drug-likeness (QED) is 0.825. The van der Waals surface area contributed by atoms with Gasteiger partial charge in [0.05, 0.1) is 6.54 Å². The van der Waals surface area contributed by atoms with Crippen molar-refractivity contribution in [3.8, 4) is 0 Å². The number of carbonyl (C=O) groups excluding carboxylic acids is 2. The van der Waals surface area contributed by atoms with E-state index in [1.165, 1.54) is 4.90 Å². The standard InChI is InChI=1S/C16H26N2O4/c1-16(2,3)15(22)17-9-13(19)18-11-7-5-4-6-10(11)8-12(18)14(20)21/h10-12H,4-9H2,1-3H3,(H,17,22)(H,20,21). The minimum absolute atomic E-state index is 0.0221. The number of likely N-dealkylation sites (tertiary alicyclic amines) is 1. The molecule has 6 heteroatoms. The fourth-order valence-electron chi connectivity index (χ4n) is 3.55. The summed E-state index contributed by atoms with van der Waals surface area (Å²) in [6.45, 7) is 5.21. The van der Waals surface area contributed by atoms with Crippen molar-refractivity contribution in [3.63, 3.8) is 0 Å². The molecule has 0 spiro atoms. The summed E-state index contributed by atoms with van der Waals surface area (Å²) >= 11 is 0. The normalized spacial score (nSPS) is 28.1. The lowest BCUT2D eigenvalue weighted by Gasteiger charge is -2.33. The minimum atomic E-state index is -0.940. The number of carboxylic acids is 1. The number of nitrogens with one attached hydrogen (secondary N) is 1. The van der Waals surface area contributed by atoms with Crippen LogP contribution in [0.3, 0.4) is 0 Å². The van der Waals surface area contributed by atoms with Crippen LogP contribution in [0.15, 0.2) is 0 Å². The van der Waals surface area contributed by atoms with Crippen molar-refractivity contribution >= 4 is 17.8 Å². The Hall–Kier alpha value is -1.59. The molecule has 1 heterocycles. The number of nitrogens with zero attached hydrogens (tertiary/aromatic N) is 1. The fraction of sp³-hybridized carbons (Fsp3) is 0.812. The molecule has 0 bridgehead atoms. The summed E-state index contributed by atoms with van der Waals surface area (Å²) in [6, 6.07) is -0.721. The summed E-state index contributed by atoms with van der Waals surface area (Å²) < 4.78 is 0. The van der Waals surface area contributed by atoms with Crippen LogP contribution in [0.4, 0.5) is 0 Å². The van der Waals surface area contributed by atoms with E-state index >= 15 is 0 Å². The predicted molar refractivity (Wildman–Crippen MR) is 81.1 cm³/mol. The van der Waals surface area contributed by atoms with Crippen LogP contribution in [-0.4, -0.2) is 46.4 Å². The zero-order valence-corrected chi connectivity index (χ0v) is 13.6. The Kier molecular flexibility index (Phi) is 4.78. The highest BCUT2D eigenvalue weighted by molar-refractivity contribution is 5.90. The van der Waals surface area contributed by atoms with Crippen LogP contribution in [0.25, 0.3) is 0 Å². The van der Waals surface area contributed by atoms with Gasteiger partial charge in [-0.3, -0.25) is 9.59 Å². The molecule has 1 saturated heterocycles. The molecule has 1 saturated carbocycles. The van der Waals surface area contributed by atoms with E-state index < -0.39 is 17.4 Å². The van der Waals surface area contributed by atoms with Gasteiger partial charge in [0.2, 0.25) is 11.8 Å². The first-order valence-electron chi connectivity index (χ1n) is 8.04. The Balaban J connectivity index is 2.05. The van der Waals surface area contributed by atoms with E-state index in [4.69, 9.17) is 0 Å². The predicted octanol–water partition coefficient (Wildman–Crippen LogP) is 1.39. The number of hydrogen-bond donors (Lipinski definition) is 2. The molecule has 124 valence electrons. The number of carboxylic acid groups (broad SMARTS) is 1. The molecule has 2 fully saturated rings. The van der Waals surface area contributed by atoms with Gasteiger partial charge in [-0.2, -0.15) is 0 Å². The molecule has 1 aliphatic heterocycles. The lowest BCUT2D eigenvalue weighted by molar-refractivity contribution is -0.149. The molecule has 0 aromatic heterocycles. The largest absolute Gasteiger partial charge is 0.480 e. The molecule has 2 rings (SSSR count). The average molecular weight is 310 g/mol. The summed E-state index contributed by atoms with van der Waals surface area (Å²) in [7, 11) is 0. The fourth-order valence-corrected chi connectivity index (χ4v) is 3.55. The number of amides is 2. The molecule has 2 N–H and O–H groups in total. The van der Waals surface area contributed by atoms with Crippen LogP contribution in [0.5, 0.6) is 0 Å². The van der Waals surface area contributed by atoms with Gasteiger partial charge in [0.15, 0.2) is 0 Å². The molecule has 0 aromatic carbocycles. The second-order valence-electron chi connectivity index (χ2n) is 7.44. The lowest BCUT2D eigenvalue weighted by Crippen LogP contribution is -2.50. The molecule has 22 heavy (non-hydrogen) atoms. The first kappa shape index (κ1) is 16.8. The van der Waals surface area contributed by atoms with Crippen LogP contribution in [0, 0.1) is 11.3 Å². The Morgan fingerprint density at radius 1 is 1.18 bits per heavy atom. The van der Waals surface area contributed by atoms with E-state index in [9.17, 15) is 19.5 Å². The lowest BCUT2D eigenvalue weighted by atomic mass is 9.85. The Morgan fingerprint density at radius 2 is 1.82 bits per heavy atom. The van der Waals surface area contributed by atoms with Gasteiger partial charge in [-0.05, 0) is 25.2 Å². The van der Waals surface area contributed by atoms with Crippen molar-refractivity contribution in [3.05, 3.63) is 0 Å². The molecule has 6 nitrogen and oxygen atoms in total. The van der Waals surface area contributed by atoms with Crippen molar-refractivity contribution < 1.29 is 19.5 Å². The van der Waals surface area contributed by atoms with Crippen LogP contribution in [0.1, 0.15) is 52.9 Å². The maximum Gasteiger partial charge on any atom is 0.326 e. The maximum absolute atomic E-state index is 12.5. The monoisotopic (exact) mass is 310 g/mol. The Morgan fingerprint density at radius 3 is 2.41 bits per heavy atom. The van der Waals surface area contributed by atoms with Gasteiger partial charge in [0.1, 0.15) is 6.04 Å². The summed E-state index contributed by atoms with van der Waals surface area (Å²) in [4.78, 5) is 37.4. The number of rotatable bonds is 3. The van der Waals surface area contributed by atoms with E-state index in [0.717, 1.165) is 25.7 Å². The molecule has 2 amide bonds. The van der Waals surface area contributed by atoms with E-state index in [2.05, 4.69) is 5.32 Å². The van der Waals surface area contributed by atoms with Gasteiger partial charge >= 0.3 is 5.97 Å². The third kappa shape index (κ3) is 3.42. The van der Waals surface area contributed by atoms with Gasteiger partial charge in [-0.1, -0.05) is 33.6 Å². The van der Waals surface area contributed by atoms with E-state index in [-0.39, 0.29) is 30.3 Å². The number of hydrogen-bond acceptors (Lipinski definition) is 3. The molecule has 3 unspecified atom stereocenters. The smallest absolute Gasteiger partial charge is 0.326 e. The summed E-state index contributed by atoms with van der Waals surface area (Å²) in [5, 5.41) is 12.0. The van der Waals surface area contributed by atoms with Gasteiger partial charge in [-0.15, -0.1) is 0 Å². The molecule has 0 radical (unpaired) electrons. The third-order valence-electron chi connectivity index (χ3n) is 4.74. The second-order valence-corrected chi connectivity index (χ2v) is 7.44. The van der Waals surface area contributed by atoms with Gasteiger partial charge in [0, 0.05) is 11.5 Å². The SMILES string of the molecule is CC(C)(C)C(=O)NCC(=O)N1C(C(=O)O)CC2CCCCC21. The summed E-state index contributed by atoms with van der Waals surface area (Å²) in [5.74, 6) is -1.13. The summed E-state index contributed by atoms with van der Waals surface area (Å²) in [6.07, 6.45) is 4.54. The highest BCUT2D eigenvalue weighted by Gasteiger charge is 2.47. The van der Waals surface area contributed by atoms with Crippen molar-refractivity contribution in [1.82, 2.24) is 10.2 Å². The Bertz CT molecular complexity index is 469. The van der Waals surface area contributed by atoms with E-state index in [0.29, 0.717) is 6.42 Å². The number of aliphatic carboxylic acids is 1. The average Bonchev–Trinajstić information content (AvgIpc) is 2.83. The minimum Gasteiger partial charge on any atom is -0.480 e. The van der Waals surface area contributed by atoms with Crippen LogP contribution < -0.4 is 5.32 Å². The van der Waals surface area contributed by atoms with Crippen molar-refractivity contribution in [2.75, 3.05) is 6.54 Å². The van der Waals surface area contributed by atoms with E-state index in [1.54, 1.807) is 20.8 Å². The topological polar surface area (TPSA) is 86.7 Å². The molecular weight excluding hydrogens is 284 g/mol. The first-order chi connectivity index (χ1) is 10.2. The molecular formula is C16H26N2O4. The van der Waals surface area contributed by atoms with Crippen LogP contribution >= 0.6 is 0 Å². The molecule has 1 aliphatic carbocycles. The van der Waals surface area contributed by atoms with Gasteiger partial charge < -0.3 is 15.3 Å². The second kappa shape index (κ2) is 6.26. The highest BCUT2D eigenvalue weighted by atomic mass is 16.4. The number of fused-ring (bicyclic) bond motifs is 1. The van der Waals surface area contributed by atoms with E-state index in [1.807, 2.05) is 0 Å². The number of carbonyl (C=O) groups is 3.